The predicted octanol–water partition coefficient (Wildman–Crippen LogP) is 3.75. The van der Waals surface area contributed by atoms with Gasteiger partial charge in [0.1, 0.15) is 0 Å². The Labute approximate surface area is 183 Å². The van der Waals surface area contributed by atoms with Gasteiger partial charge in [-0.25, -0.2) is 4.99 Å². The van der Waals surface area contributed by atoms with Gasteiger partial charge >= 0.3 is 0 Å². The number of carbonyl (C=O) groups is 1. The molecule has 0 aliphatic heterocycles. The first-order chi connectivity index (χ1) is 12.6. The van der Waals surface area contributed by atoms with Gasteiger partial charge < -0.3 is 16.0 Å². The monoisotopic (exact) mass is 500 g/mol. The summed E-state index contributed by atoms with van der Waals surface area (Å²) in [6, 6.07) is 15.2. The quantitative estimate of drug-likeness (QED) is 0.235. The van der Waals surface area contributed by atoms with E-state index >= 15 is 0 Å². The molecule has 0 unspecified atom stereocenters. The Morgan fingerprint density at radius 2 is 1.67 bits per heavy atom. The van der Waals surface area contributed by atoms with Crippen molar-refractivity contribution in [2.24, 2.45) is 4.99 Å². The first kappa shape index (κ1) is 23.2. The fraction of sp³-hybridized carbons (Fsp3) is 0.300. The average Bonchev–Trinajstić information content (AvgIpc) is 2.64. The molecule has 146 valence electrons. The van der Waals surface area contributed by atoms with Crippen LogP contribution in [0.4, 0.5) is 0 Å². The van der Waals surface area contributed by atoms with E-state index < -0.39 is 0 Å². The minimum atomic E-state index is -0.181. The van der Waals surface area contributed by atoms with Crippen LogP contribution in [0, 0.1) is 6.92 Å². The molecule has 0 fully saturated rings. The Morgan fingerprint density at radius 1 is 1.00 bits per heavy atom. The Kier molecular flexibility index (Phi) is 10.8. The van der Waals surface area contributed by atoms with Crippen molar-refractivity contribution in [3.8, 4) is 0 Å². The Bertz CT molecular complexity index is 767. The normalized spacial score (nSPS) is 10.7. The maximum Gasteiger partial charge on any atom is 0.252 e. The van der Waals surface area contributed by atoms with Crippen LogP contribution in [-0.4, -0.2) is 31.5 Å². The molecule has 0 aliphatic carbocycles. The second-order valence-electron chi connectivity index (χ2n) is 5.78. The van der Waals surface area contributed by atoms with E-state index in [0.717, 1.165) is 12.5 Å². The van der Waals surface area contributed by atoms with Crippen molar-refractivity contribution in [2.75, 3.05) is 19.6 Å². The summed E-state index contributed by atoms with van der Waals surface area (Å²) in [6.45, 7) is 6.51. The molecule has 7 heteroatoms. The third-order valence-electron chi connectivity index (χ3n) is 3.83. The number of hydrogen-bond donors (Lipinski definition) is 3. The van der Waals surface area contributed by atoms with Gasteiger partial charge in [-0.1, -0.05) is 48.0 Å². The highest BCUT2D eigenvalue weighted by molar-refractivity contribution is 14.0. The highest BCUT2D eigenvalue weighted by atomic mass is 127. The van der Waals surface area contributed by atoms with Gasteiger partial charge in [0.25, 0.3) is 5.91 Å². The van der Waals surface area contributed by atoms with Crippen LogP contribution in [0.2, 0.25) is 5.02 Å². The van der Waals surface area contributed by atoms with Crippen molar-refractivity contribution in [1.82, 2.24) is 16.0 Å². The molecule has 0 saturated carbocycles. The standard InChI is InChI=1S/C20H25ClN4O.HI/c1-3-22-20(25-14-16-9-5-4-8-15(16)2)24-13-12-23-19(26)17-10-6-7-11-18(17)21;/h4-11H,3,12-14H2,1-2H3,(H,23,26)(H2,22,24,25);1H. The molecule has 0 aliphatic rings. The van der Waals surface area contributed by atoms with Gasteiger partial charge in [0.05, 0.1) is 17.1 Å². The van der Waals surface area contributed by atoms with Crippen LogP contribution in [0.15, 0.2) is 53.5 Å². The number of nitrogens with zero attached hydrogens (tertiary/aromatic N) is 1. The molecule has 0 saturated heterocycles. The van der Waals surface area contributed by atoms with E-state index in [-0.39, 0.29) is 29.9 Å². The first-order valence-electron chi connectivity index (χ1n) is 8.71. The molecule has 2 rings (SSSR count). The maximum absolute atomic E-state index is 12.1. The number of aryl methyl sites for hydroxylation is 1. The molecule has 1 amide bonds. The van der Waals surface area contributed by atoms with E-state index in [4.69, 9.17) is 11.6 Å². The number of rotatable bonds is 7. The third kappa shape index (κ3) is 7.76. The molecule has 3 N–H and O–H groups in total. The molecule has 5 nitrogen and oxygen atoms in total. The third-order valence-corrected chi connectivity index (χ3v) is 4.16. The molecule has 0 atom stereocenters. The van der Waals surface area contributed by atoms with E-state index in [0.29, 0.717) is 30.2 Å². The van der Waals surface area contributed by atoms with Gasteiger partial charge in [0.15, 0.2) is 5.96 Å². The molecule has 2 aromatic rings. The van der Waals surface area contributed by atoms with Crippen molar-refractivity contribution >= 4 is 47.4 Å². The lowest BCUT2D eigenvalue weighted by Crippen LogP contribution is -2.41. The zero-order valence-corrected chi connectivity index (χ0v) is 18.7. The van der Waals surface area contributed by atoms with Gasteiger partial charge in [-0.05, 0) is 37.1 Å². The maximum atomic E-state index is 12.1. The first-order valence-corrected chi connectivity index (χ1v) is 9.09. The molecular formula is C20H26ClIN4O. The van der Waals surface area contributed by atoms with E-state index in [1.807, 2.05) is 19.1 Å². The van der Waals surface area contributed by atoms with Crippen LogP contribution in [0.3, 0.4) is 0 Å². The smallest absolute Gasteiger partial charge is 0.252 e. The van der Waals surface area contributed by atoms with Gasteiger partial charge in [0.2, 0.25) is 0 Å². The van der Waals surface area contributed by atoms with Crippen molar-refractivity contribution in [3.05, 3.63) is 70.2 Å². The summed E-state index contributed by atoms with van der Waals surface area (Å²) in [7, 11) is 0. The zero-order valence-electron chi connectivity index (χ0n) is 15.6. The number of amides is 1. The Hall–Kier alpha value is -1.80. The molecule has 0 heterocycles. The number of aliphatic imine (C=N–C) groups is 1. The van der Waals surface area contributed by atoms with Crippen molar-refractivity contribution in [3.63, 3.8) is 0 Å². The van der Waals surface area contributed by atoms with Crippen LogP contribution in [-0.2, 0) is 6.54 Å². The van der Waals surface area contributed by atoms with Crippen molar-refractivity contribution < 1.29 is 4.79 Å². The lowest BCUT2D eigenvalue weighted by Gasteiger charge is -2.12. The van der Waals surface area contributed by atoms with E-state index in [9.17, 15) is 4.79 Å². The number of hydrogen-bond acceptors (Lipinski definition) is 2. The number of halogens is 2. The highest BCUT2D eigenvalue weighted by Gasteiger charge is 2.08. The summed E-state index contributed by atoms with van der Waals surface area (Å²) < 4.78 is 0. The Morgan fingerprint density at radius 3 is 2.37 bits per heavy atom. The fourth-order valence-corrected chi connectivity index (χ4v) is 2.61. The molecule has 2 aromatic carbocycles. The second kappa shape index (κ2) is 12.6. The minimum absolute atomic E-state index is 0. The lowest BCUT2D eigenvalue weighted by atomic mass is 10.1. The highest BCUT2D eigenvalue weighted by Crippen LogP contribution is 2.14. The van der Waals surface area contributed by atoms with Gasteiger partial charge in [-0.15, -0.1) is 24.0 Å². The van der Waals surface area contributed by atoms with Gasteiger partial charge in [-0.3, -0.25) is 4.79 Å². The lowest BCUT2D eigenvalue weighted by molar-refractivity contribution is 0.0954. The Balaban J connectivity index is 0.00000364. The van der Waals surface area contributed by atoms with E-state index in [1.165, 1.54) is 11.1 Å². The molecule has 0 aromatic heterocycles. The summed E-state index contributed by atoms with van der Waals surface area (Å²) in [5.41, 5.74) is 2.89. The topological polar surface area (TPSA) is 65.5 Å². The molecular weight excluding hydrogens is 475 g/mol. The predicted molar refractivity (Wildman–Crippen MR) is 123 cm³/mol. The summed E-state index contributed by atoms with van der Waals surface area (Å²) in [4.78, 5) is 16.7. The van der Waals surface area contributed by atoms with Crippen LogP contribution in [0.5, 0.6) is 0 Å². The molecule has 27 heavy (non-hydrogen) atoms. The SMILES string of the molecule is CCNC(=NCc1ccccc1C)NCCNC(=O)c1ccccc1Cl.I. The zero-order chi connectivity index (χ0) is 18.8. The van der Waals surface area contributed by atoms with Crippen LogP contribution in [0.25, 0.3) is 0 Å². The van der Waals surface area contributed by atoms with Gasteiger partial charge in [-0.2, -0.15) is 0 Å². The molecule has 0 spiro atoms. The minimum Gasteiger partial charge on any atom is -0.357 e. The number of benzene rings is 2. The van der Waals surface area contributed by atoms with Crippen LogP contribution >= 0.6 is 35.6 Å². The van der Waals surface area contributed by atoms with Crippen molar-refractivity contribution in [1.29, 1.82) is 0 Å². The summed E-state index contributed by atoms with van der Waals surface area (Å²) in [5, 5.41) is 9.73. The van der Waals surface area contributed by atoms with E-state index in [2.05, 4.69) is 40.0 Å². The van der Waals surface area contributed by atoms with E-state index in [1.54, 1.807) is 24.3 Å². The van der Waals surface area contributed by atoms with Crippen molar-refractivity contribution in [2.45, 2.75) is 20.4 Å². The number of carbonyl (C=O) groups excluding carboxylic acids is 1. The van der Waals surface area contributed by atoms with Crippen LogP contribution < -0.4 is 16.0 Å². The number of nitrogens with one attached hydrogen (secondary N) is 3. The summed E-state index contributed by atoms with van der Waals surface area (Å²) in [5.74, 6) is 0.544. The average molecular weight is 501 g/mol. The summed E-state index contributed by atoms with van der Waals surface area (Å²) >= 11 is 6.03. The largest absolute Gasteiger partial charge is 0.357 e. The fourth-order valence-electron chi connectivity index (χ4n) is 2.39. The summed E-state index contributed by atoms with van der Waals surface area (Å²) in [6.07, 6.45) is 0. The molecule has 0 bridgehead atoms. The second-order valence-corrected chi connectivity index (χ2v) is 6.19. The number of guanidine groups is 1. The van der Waals surface area contributed by atoms with Gasteiger partial charge in [0, 0.05) is 19.6 Å². The van der Waals surface area contributed by atoms with Crippen LogP contribution in [0.1, 0.15) is 28.4 Å². The molecule has 0 radical (unpaired) electrons.